The Labute approximate surface area is 120 Å². The Hall–Kier alpha value is -1.55. The number of hydrogen-bond acceptors (Lipinski definition) is 3. The van der Waals surface area contributed by atoms with Gasteiger partial charge in [0.05, 0.1) is 6.61 Å². The molecule has 2 atom stereocenters. The molecule has 1 heterocycles. The molecule has 110 valence electrons. The van der Waals surface area contributed by atoms with Gasteiger partial charge < -0.3 is 15.4 Å². The molecule has 0 radical (unpaired) electrons. The van der Waals surface area contributed by atoms with Crippen molar-refractivity contribution in [3.8, 4) is 5.75 Å². The first-order valence-electron chi connectivity index (χ1n) is 7.45. The second kappa shape index (κ2) is 7.29. The third-order valence-electron chi connectivity index (χ3n) is 3.83. The molecule has 20 heavy (non-hydrogen) atoms. The van der Waals surface area contributed by atoms with Crippen molar-refractivity contribution in [1.29, 1.82) is 0 Å². The van der Waals surface area contributed by atoms with Crippen LogP contribution in [0.15, 0.2) is 24.3 Å². The summed E-state index contributed by atoms with van der Waals surface area (Å²) in [5.74, 6) is 1.31. The Morgan fingerprint density at radius 1 is 1.45 bits per heavy atom. The number of nitrogens with one attached hydrogen (secondary N) is 2. The molecule has 2 rings (SSSR count). The van der Waals surface area contributed by atoms with E-state index in [9.17, 15) is 4.79 Å². The fourth-order valence-corrected chi connectivity index (χ4v) is 2.58. The number of carbonyl (C=O) groups excluding carboxylic acids is 1. The van der Waals surface area contributed by atoms with Crippen LogP contribution in [0.3, 0.4) is 0 Å². The maximum Gasteiger partial charge on any atom is 0.251 e. The number of piperidine rings is 1. The second-order valence-electron chi connectivity index (χ2n) is 5.33. The van der Waals surface area contributed by atoms with E-state index in [1.807, 2.05) is 31.2 Å². The van der Waals surface area contributed by atoms with Gasteiger partial charge in [0.25, 0.3) is 5.91 Å². The van der Waals surface area contributed by atoms with Crippen LogP contribution in [0, 0.1) is 5.92 Å². The quantitative estimate of drug-likeness (QED) is 0.867. The predicted molar refractivity (Wildman–Crippen MR) is 80.1 cm³/mol. The van der Waals surface area contributed by atoms with Gasteiger partial charge in [-0.15, -0.1) is 0 Å². The van der Waals surface area contributed by atoms with Crippen LogP contribution in [0.5, 0.6) is 5.75 Å². The zero-order valence-electron chi connectivity index (χ0n) is 12.3. The van der Waals surface area contributed by atoms with E-state index >= 15 is 0 Å². The normalized spacial score (nSPS) is 20.2. The van der Waals surface area contributed by atoms with Crippen molar-refractivity contribution in [2.24, 2.45) is 5.92 Å². The molecular formula is C16H24N2O2. The van der Waals surface area contributed by atoms with Gasteiger partial charge in [-0.2, -0.15) is 0 Å². The molecule has 1 aromatic rings. The Morgan fingerprint density at radius 2 is 2.20 bits per heavy atom. The smallest absolute Gasteiger partial charge is 0.251 e. The summed E-state index contributed by atoms with van der Waals surface area (Å²) < 4.78 is 5.38. The summed E-state index contributed by atoms with van der Waals surface area (Å²) in [6.07, 6.45) is 2.37. The standard InChI is InChI=1S/C16H24N2O2/c1-3-20-15-8-6-13(7-9-15)16(19)18-12(2)14-5-4-10-17-11-14/h6-9,12,14,17H,3-5,10-11H2,1-2H3,(H,18,19). The van der Waals surface area contributed by atoms with Gasteiger partial charge in [-0.3, -0.25) is 4.79 Å². The van der Waals surface area contributed by atoms with Gasteiger partial charge >= 0.3 is 0 Å². The second-order valence-corrected chi connectivity index (χ2v) is 5.33. The van der Waals surface area contributed by atoms with Gasteiger partial charge in [0.1, 0.15) is 5.75 Å². The highest BCUT2D eigenvalue weighted by molar-refractivity contribution is 5.94. The lowest BCUT2D eigenvalue weighted by molar-refractivity contribution is 0.0922. The monoisotopic (exact) mass is 276 g/mol. The maximum atomic E-state index is 12.2. The molecule has 0 aromatic heterocycles. The molecule has 2 unspecified atom stereocenters. The van der Waals surface area contributed by atoms with Gasteiger partial charge in [-0.1, -0.05) is 0 Å². The van der Waals surface area contributed by atoms with E-state index < -0.39 is 0 Å². The lowest BCUT2D eigenvalue weighted by Crippen LogP contribution is -2.44. The Morgan fingerprint density at radius 3 is 2.80 bits per heavy atom. The van der Waals surface area contributed by atoms with Crippen molar-refractivity contribution in [3.63, 3.8) is 0 Å². The first-order valence-corrected chi connectivity index (χ1v) is 7.45. The van der Waals surface area contributed by atoms with Gasteiger partial charge in [0.2, 0.25) is 0 Å². The Balaban J connectivity index is 1.89. The number of amides is 1. The summed E-state index contributed by atoms with van der Waals surface area (Å²) >= 11 is 0. The van der Waals surface area contributed by atoms with E-state index in [1.54, 1.807) is 0 Å². The molecule has 1 aliphatic rings. The fraction of sp³-hybridized carbons (Fsp3) is 0.562. The third-order valence-corrected chi connectivity index (χ3v) is 3.83. The highest BCUT2D eigenvalue weighted by Gasteiger charge is 2.21. The first-order chi connectivity index (χ1) is 9.70. The number of hydrogen-bond donors (Lipinski definition) is 2. The van der Waals surface area contributed by atoms with E-state index in [0.717, 1.165) is 18.8 Å². The summed E-state index contributed by atoms with van der Waals surface area (Å²) in [7, 11) is 0. The molecule has 1 saturated heterocycles. The number of benzene rings is 1. The van der Waals surface area contributed by atoms with Crippen LogP contribution in [0.1, 0.15) is 37.0 Å². The van der Waals surface area contributed by atoms with Crippen molar-refractivity contribution in [2.45, 2.75) is 32.7 Å². The predicted octanol–water partition coefficient (Wildman–Crippen LogP) is 2.20. The number of carbonyl (C=O) groups is 1. The SMILES string of the molecule is CCOc1ccc(C(=O)NC(C)C2CCCNC2)cc1. The van der Waals surface area contributed by atoms with Gasteiger partial charge in [-0.25, -0.2) is 0 Å². The molecule has 0 spiro atoms. The molecule has 1 aromatic carbocycles. The minimum absolute atomic E-state index is 0.00822. The number of rotatable bonds is 5. The fourth-order valence-electron chi connectivity index (χ4n) is 2.58. The highest BCUT2D eigenvalue weighted by Crippen LogP contribution is 2.16. The van der Waals surface area contributed by atoms with Crippen LogP contribution in [0.4, 0.5) is 0 Å². The van der Waals surface area contributed by atoms with Crippen LogP contribution in [-0.2, 0) is 0 Å². The van der Waals surface area contributed by atoms with Crippen molar-refractivity contribution >= 4 is 5.91 Å². The molecule has 0 aliphatic carbocycles. The lowest BCUT2D eigenvalue weighted by Gasteiger charge is -2.28. The van der Waals surface area contributed by atoms with E-state index in [-0.39, 0.29) is 11.9 Å². The van der Waals surface area contributed by atoms with E-state index in [0.29, 0.717) is 18.1 Å². The zero-order valence-corrected chi connectivity index (χ0v) is 12.3. The first kappa shape index (κ1) is 14.9. The van der Waals surface area contributed by atoms with Crippen molar-refractivity contribution in [3.05, 3.63) is 29.8 Å². The summed E-state index contributed by atoms with van der Waals surface area (Å²) in [5, 5.41) is 6.48. The molecule has 2 N–H and O–H groups in total. The lowest BCUT2D eigenvalue weighted by atomic mass is 9.92. The molecular weight excluding hydrogens is 252 g/mol. The van der Waals surface area contributed by atoms with Crippen molar-refractivity contribution in [2.75, 3.05) is 19.7 Å². The summed E-state index contributed by atoms with van der Waals surface area (Å²) in [6, 6.07) is 7.50. The summed E-state index contributed by atoms with van der Waals surface area (Å²) in [4.78, 5) is 12.2. The topological polar surface area (TPSA) is 50.4 Å². The maximum absolute atomic E-state index is 12.2. The van der Waals surface area contributed by atoms with Crippen LogP contribution in [0.2, 0.25) is 0 Å². The van der Waals surface area contributed by atoms with Gasteiger partial charge in [0.15, 0.2) is 0 Å². The van der Waals surface area contributed by atoms with Crippen LogP contribution < -0.4 is 15.4 Å². The van der Waals surface area contributed by atoms with Crippen LogP contribution in [-0.4, -0.2) is 31.6 Å². The molecule has 1 aliphatic heterocycles. The van der Waals surface area contributed by atoms with Crippen LogP contribution >= 0.6 is 0 Å². The van der Waals surface area contributed by atoms with Gasteiger partial charge in [-0.05, 0) is 70.0 Å². The van der Waals surface area contributed by atoms with Gasteiger partial charge in [0, 0.05) is 11.6 Å². The zero-order chi connectivity index (χ0) is 14.4. The average Bonchev–Trinajstić information content (AvgIpc) is 2.49. The van der Waals surface area contributed by atoms with Crippen molar-refractivity contribution in [1.82, 2.24) is 10.6 Å². The van der Waals surface area contributed by atoms with E-state index in [1.165, 1.54) is 12.8 Å². The molecule has 1 fully saturated rings. The minimum atomic E-state index is -0.00822. The molecule has 1 amide bonds. The van der Waals surface area contributed by atoms with E-state index in [2.05, 4.69) is 17.6 Å². The van der Waals surface area contributed by atoms with E-state index in [4.69, 9.17) is 4.74 Å². The Kier molecular flexibility index (Phi) is 5.41. The number of ether oxygens (including phenoxy) is 1. The molecule has 0 saturated carbocycles. The molecule has 4 heteroatoms. The molecule has 0 bridgehead atoms. The van der Waals surface area contributed by atoms with Crippen molar-refractivity contribution < 1.29 is 9.53 Å². The largest absolute Gasteiger partial charge is 0.494 e. The molecule has 4 nitrogen and oxygen atoms in total. The minimum Gasteiger partial charge on any atom is -0.494 e. The average molecular weight is 276 g/mol. The highest BCUT2D eigenvalue weighted by atomic mass is 16.5. The summed E-state index contributed by atoms with van der Waals surface area (Å²) in [6.45, 7) is 6.75. The Bertz CT molecular complexity index is 425. The summed E-state index contributed by atoms with van der Waals surface area (Å²) in [5.41, 5.74) is 0.684. The third kappa shape index (κ3) is 3.97. The van der Waals surface area contributed by atoms with Crippen LogP contribution in [0.25, 0.3) is 0 Å².